The largest absolute Gasteiger partial charge is 0.370 e. The van der Waals surface area contributed by atoms with Crippen molar-refractivity contribution in [2.75, 3.05) is 4.90 Å². The first-order valence-corrected chi connectivity index (χ1v) is 8.84. The summed E-state index contributed by atoms with van der Waals surface area (Å²) in [4.78, 5) is 38.0. The monoisotopic (exact) mass is 420 g/mol. The SMILES string of the molecule is NC(=O)C[C@@H]1C(=O)N(c2ccc(Cl)cc2)C(=S)N1NC(=O)c1cccc(F)c1. The van der Waals surface area contributed by atoms with Crippen molar-refractivity contribution in [3.05, 3.63) is 64.9 Å². The highest BCUT2D eigenvalue weighted by Crippen LogP contribution is 2.27. The van der Waals surface area contributed by atoms with Gasteiger partial charge >= 0.3 is 0 Å². The molecule has 0 saturated carbocycles. The molecule has 1 heterocycles. The molecular formula is C18H14ClFN4O3S. The minimum Gasteiger partial charge on any atom is -0.370 e. The van der Waals surface area contributed by atoms with Gasteiger partial charge in [-0.3, -0.25) is 24.7 Å². The maximum Gasteiger partial charge on any atom is 0.269 e. The van der Waals surface area contributed by atoms with Crippen molar-refractivity contribution in [3.63, 3.8) is 0 Å². The van der Waals surface area contributed by atoms with Gasteiger partial charge in [0.1, 0.15) is 11.9 Å². The number of hydrogen-bond acceptors (Lipinski definition) is 4. The number of amides is 3. The van der Waals surface area contributed by atoms with E-state index >= 15 is 0 Å². The van der Waals surface area contributed by atoms with Crippen LogP contribution in [0.5, 0.6) is 0 Å². The number of carbonyl (C=O) groups is 3. The molecule has 0 aliphatic carbocycles. The third kappa shape index (κ3) is 3.95. The highest BCUT2D eigenvalue weighted by atomic mass is 35.5. The predicted molar refractivity (Wildman–Crippen MR) is 105 cm³/mol. The normalized spacial score (nSPS) is 16.4. The molecule has 28 heavy (non-hydrogen) atoms. The molecule has 0 unspecified atom stereocenters. The fourth-order valence-corrected chi connectivity index (χ4v) is 3.22. The van der Waals surface area contributed by atoms with Gasteiger partial charge in [0.25, 0.3) is 11.8 Å². The van der Waals surface area contributed by atoms with Crippen LogP contribution in [-0.4, -0.2) is 33.9 Å². The number of nitrogens with zero attached hydrogens (tertiary/aromatic N) is 2. The summed E-state index contributed by atoms with van der Waals surface area (Å²) in [5, 5.41) is 1.50. The van der Waals surface area contributed by atoms with Gasteiger partial charge in [0.2, 0.25) is 11.0 Å². The van der Waals surface area contributed by atoms with Gasteiger partial charge in [-0.15, -0.1) is 0 Å². The van der Waals surface area contributed by atoms with Crippen LogP contribution in [0.3, 0.4) is 0 Å². The van der Waals surface area contributed by atoms with Crippen molar-refractivity contribution in [1.82, 2.24) is 10.4 Å². The van der Waals surface area contributed by atoms with E-state index in [1.54, 1.807) is 24.3 Å². The molecule has 1 atom stereocenters. The number of hydrogen-bond donors (Lipinski definition) is 2. The molecule has 10 heteroatoms. The number of halogens is 2. The second-order valence-electron chi connectivity index (χ2n) is 5.94. The number of carbonyl (C=O) groups excluding carboxylic acids is 3. The molecule has 0 spiro atoms. The van der Waals surface area contributed by atoms with E-state index in [1.165, 1.54) is 23.1 Å². The molecule has 2 aromatic rings. The lowest BCUT2D eigenvalue weighted by Gasteiger charge is -2.24. The highest BCUT2D eigenvalue weighted by Gasteiger charge is 2.45. The summed E-state index contributed by atoms with van der Waals surface area (Å²) in [6.45, 7) is 0. The van der Waals surface area contributed by atoms with Crippen LogP contribution >= 0.6 is 23.8 Å². The van der Waals surface area contributed by atoms with Crippen molar-refractivity contribution in [2.24, 2.45) is 5.73 Å². The Bertz CT molecular complexity index is 970. The van der Waals surface area contributed by atoms with Crippen LogP contribution < -0.4 is 16.1 Å². The Balaban J connectivity index is 1.91. The third-order valence-corrected chi connectivity index (χ3v) is 4.63. The molecule has 144 valence electrons. The van der Waals surface area contributed by atoms with Crippen molar-refractivity contribution in [1.29, 1.82) is 0 Å². The summed E-state index contributed by atoms with van der Waals surface area (Å²) in [6.07, 6.45) is -0.369. The summed E-state index contributed by atoms with van der Waals surface area (Å²) in [6, 6.07) is 10.2. The second kappa shape index (κ2) is 7.91. The smallest absolute Gasteiger partial charge is 0.269 e. The first kappa shape index (κ1) is 19.7. The fraction of sp³-hybridized carbons (Fsp3) is 0.111. The number of anilines is 1. The van der Waals surface area contributed by atoms with Crippen molar-refractivity contribution >= 4 is 52.3 Å². The van der Waals surface area contributed by atoms with E-state index in [0.29, 0.717) is 10.7 Å². The Kier molecular flexibility index (Phi) is 5.57. The maximum absolute atomic E-state index is 13.4. The Labute approximate surface area is 169 Å². The molecule has 0 radical (unpaired) electrons. The lowest BCUT2D eigenvalue weighted by molar-refractivity contribution is -0.125. The molecule has 1 saturated heterocycles. The number of benzene rings is 2. The maximum atomic E-state index is 13.4. The molecule has 3 amide bonds. The lowest BCUT2D eigenvalue weighted by Crippen LogP contribution is -2.49. The molecule has 2 aromatic carbocycles. The van der Waals surface area contributed by atoms with E-state index < -0.39 is 29.6 Å². The molecule has 3 N–H and O–H groups in total. The van der Waals surface area contributed by atoms with Gasteiger partial charge in [-0.05, 0) is 54.7 Å². The number of hydrazine groups is 1. The van der Waals surface area contributed by atoms with E-state index in [0.717, 1.165) is 11.1 Å². The van der Waals surface area contributed by atoms with E-state index in [9.17, 15) is 18.8 Å². The summed E-state index contributed by atoms with van der Waals surface area (Å²) < 4.78 is 13.4. The van der Waals surface area contributed by atoms with Gasteiger partial charge in [-0.2, -0.15) is 0 Å². The van der Waals surface area contributed by atoms with Crippen molar-refractivity contribution < 1.29 is 18.8 Å². The quantitative estimate of drug-likeness (QED) is 0.721. The minimum absolute atomic E-state index is 0.0259. The zero-order valence-corrected chi connectivity index (χ0v) is 15.8. The van der Waals surface area contributed by atoms with Crippen molar-refractivity contribution in [2.45, 2.75) is 12.5 Å². The molecule has 1 aliphatic heterocycles. The third-order valence-electron chi connectivity index (χ3n) is 4.00. The Morgan fingerprint density at radius 1 is 1.21 bits per heavy atom. The van der Waals surface area contributed by atoms with Gasteiger partial charge in [-0.25, -0.2) is 9.40 Å². The van der Waals surface area contributed by atoms with Crippen LogP contribution in [-0.2, 0) is 9.59 Å². The van der Waals surface area contributed by atoms with Crippen LogP contribution in [0.1, 0.15) is 16.8 Å². The van der Waals surface area contributed by atoms with Gasteiger partial charge in [-0.1, -0.05) is 17.7 Å². The van der Waals surface area contributed by atoms with E-state index in [-0.39, 0.29) is 17.1 Å². The van der Waals surface area contributed by atoms with Crippen LogP contribution in [0.15, 0.2) is 48.5 Å². The first-order chi connectivity index (χ1) is 13.3. The highest BCUT2D eigenvalue weighted by molar-refractivity contribution is 7.80. The van der Waals surface area contributed by atoms with Gasteiger partial charge < -0.3 is 5.73 Å². The standard InChI is InChI=1S/C18H14ClFN4O3S/c19-11-4-6-13(7-5-11)23-17(27)14(9-15(21)25)24(18(23)28)22-16(26)10-2-1-3-12(20)8-10/h1-8,14H,9H2,(H2,21,25)(H,22,26)/t14-/m1/s1. The van der Waals surface area contributed by atoms with E-state index in [4.69, 9.17) is 29.6 Å². The summed E-state index contributed by atoms with van der Waals surface area (Å²) in [5.41, 5.74) is 8.15. The Morgan fingerprint density at radius 2 is 1.89 bits per heavy atom. The molecule has 0 aromatic heterocycles. The number of thiocarbonyl (C=S) groups is 1. The lowest BCUT2D eigenvalue weighted by atomic mass is 10.2. The van der Waals surface area contributed by atoms with E-state index in [2.05, 4.69) is 5.43 Å². The number of nitrogens with one attached hydrogen (secondary N) is 1. The molecule has 0 bridgehead atoms. The predicted octanol–water partition coefficient (Wildman–Crippen LogP) is 2.00. The Hall–Kier alpha value is -3.04. The summed E-state index contributed by atoms with van der Waals surface area (Å²) in [7, 11) is 0. The average molecular weight is 421 g/mol. The molecule has 1 fully saturated rings. The Morgan fingerprint density at radius 3 is 2.50 bits per heavy atom. The molecular weight excluding hydrogens is 407 g/mol. The van der Waals surface area contributed by atoms with E-state index in [1.807, 2.05) is 0 Å². The van der Waals surface area contributed by atoms with Crippen LogP contribution in [0.4, 0.5) is 10.1 Å². The number of primary amides is 1. The van der Waals surface area contributed by atoms with Crippen molar-refractivity contribution in [3.8, 4) is 0 Å². The molecule has 1 aliphatic rings. The topological polar surface area (TPSA) is 95.7 Å². The van der Waals surface area contributed by atoms with Crippen LogP contribution in [0, 0.1) is 5.82 Å². The van der Waals surface area contributed by atoms with Crippen LogP contribution in [0.25, 0.3) is 0 Å². The molecule has 3 rings (SSSR count). The van der Waals surface area contributed by atoms with Gasteiger partial charge in [0, 0.05) is 10.6 Å². The van der Waals surface area contributed by atoms with Gasteiger partial charge in [0.15, 0.2) is 0 Å². The number of rotatable bonds is 5. The second-order valence-corrected chi connectivity index (χ2v) is 6.74. The molecule has 7 nitrogen and oxygen atoms in total. The zero-order chi connectivity index (χ0) is 20.4. The first-order valence-electron chi connectivity index (χ1n) is 8.05. The fourth-order valence-electron chi connectivity index (χ4n) is 2.72. The van der Waals surface area contributed by atoms with Gasteiger partial charge in [0.05, 0.1) is 12.1 Å². The summed E-state index contributed by atoms with van der Waals surface area (Å²) >= 11 is 11.2. The zero-order valence-electron chi connectivity index (χ0n) is 14.3. The number of nitrogens with two attached hydrogens (primary N) is 1. The summed E-state index contributed by atoms with van der Waals surface area (Å²) in [5.74, 6) is -2.57. The minimum atomic E-state index is -1.13. The average Bonchev–Trinajstić information content (AvgIpc) is 2.86. The van der Waals surface area contributed by atoms with Crippen LogP contribution in [0.2, 0.25) is 5.02 Å².